The normalized spacial score (nSPS) is 16.6. The molecule has 29 heteroatoms. The van der Waals surface area contributed by atoms with Gasteiger partial charge in [-0.1, -0.05) is 27.7 Å². The Morgan fingerprint density at radius 2 is 0.944 bits per heavy atom. The minimum Gasteiger partial charge on any atom is -0.481 e. The van der Waals surface area contributed by atoms with Crippen LogP contribution >= 0.6 is 11.8 Å². The number of nitrogens with two attached hydrogens (primary N) is 1. The van der Waals surface area contributed by atoms with E-state index in [1.54, 1.807) is 34.0 Å². The average molecular weight is 1050 g/mol. The van der Waals surface area contributed by atoms with Crippen molar-refractivity contribution in [1.29, 1.82) is 0 Å². The molecule has 72 heavy (non-hydrogen) atoms. The maximum absolute atomic E-state index is 13.9. The minimum atomic E-state index is -1.95. The maximum atomic E-state index is 13.9. The molecule has 0 saturated carbocycles. The van der Waals surface area contributed by atoms with Crippen LogP contribution in [0.1, 0.15) is 98.3 Å². The standard InChI is InChI=1S/C43H69N9O19S/c1-20(2)15-26(48-36(63)23(8-10-31(54)55)46-41(68)30-7-6-13-52(30)42(69)25(9-11-32(56)57)47-35(62)22(44)19-53)38(65)50-27(17-33(58)59)39(66)45-24(12-14-72-5)37(64)49-28(18-34(60)61)40(67)51-29(43(70)71)16-21(3)4/h20-30,53H,6-19,44H2,1-5H3,(H,45,66)(H,46,68)(H,47,62)(H,48,63)(H,49,64)(H,50,65)(H,51,67)(H,54,55)(H,56,57)(H,58,59)(H,60,61)(H,70,71)/t22-,23-,24-,25-,26-,27-,28-,29-,30-/m0/s1. The lowest BCUT2D eigenvalue weighted by molar-refractivity contribution is -0.144. The molecule has 1 aliphatic rings. The highest BCUT2D eigenvalue weighted by atomic mass is 32.2. The summed E-state index contributed by atoms with van der Waals surface area (Å²) in [6.45, 7) is 5.75. The number of aliphatic hydroxyl groups excluding tert-OH is 1. The third-order valence-electron chi connectivity index (χ3n) is 10.8. The Balaban J connectivity index is 3.45. The second-order valence-electron chi connectivity index (χ2n) is 17.8. The molecule has 28 nitrogen and oxygen atoms in total. The van der Waals surface area contributed by atoms with Crippen molar-refractivity contribution >= 4 is 88.9 Å². The quantitative estimate of drug-likeness (QED) is 0.0295. The molecular formula is C43H69N9O19S. The molecule has 1 fully saturated rings. The summed E-state index contributed by atoms with van der Waals surface area (Å²) in [5.74, 6) is -16.3. The van der Waals surface area contributed by atoms with Crippen molar-refractivity contribution in [1.82, 2.24) is 42.1 Å². The predicted octanol–water partition coefficient (Wildman–Crippen LogP) is -3.70. The van der Waals surface area contributed by atoms with Gasteiger partial charge in [0.15, 0.2) is 0 Å². The summed E-state index contributed by atoms with van der Waals surface area (Å²) >= 11 is 1.21. The zero-order chi connectivity index (χ0) is 55.0. The molecule has 0 unspecified atom stereocenters. The van der Waals surface area contributed by atoms with E-state index in [2.05, 4.69) is 37.2 Å². The number of aliphatic carboxylic acids is 5. The van der Waals surface area contributed by atoms with Crippen molar-refractivity contribution in [3.63, 3.8) is 0 Å². The minimum absolute atomic E-state index is 0.00963. The summed E-state index contributed by atoms with van der Waals surface area (Å²) in [5, 5.41) is 72.9. The summed E-state index contributed by atoms with van der Waals surface area (Å²) < 4.78 is 0. The molecule has 0 aromatic heterocycles. The van der Waals surface area contributed by atoms with E-state index in [4.69, 9.17) is 5.73 Å². The number of amides is 8. The van der Waals surface area contributed by atoms with E-state index in [9.17, 15) is 93.0 Å². The van der Waals surface area contributed by atoms with Crippen LogP contribution in [0.4, 0.5) is 0 Å². The second-order valence-corrected chi connectivity index (χ2v) is 18.8. The Labute approximate surface area is 418 Å². The fourth-order valence-electron chi connectivity index (χ4n) is 7.22. The van der Waals surface area contributed by atoms with E-state index >= 15 is 0 Å². The molecule has 0 aliphatic carbocycles. The molecular weight excluding hydrogens is 979 g/mol. The van der Waals surface area contributed by atoms with Crippen molar-refractivity contribution in [3.05, 3.63) is 0 Å². The fourth-order valence-corrected chi connectivity index (χ4v) is 7.70. The average Bonchev–Trinajstić information content (AvgIpc) is 3.78. The van der Waals surface area contributed by atoms with Crippen LogP contribution < -0.4 is 43.0 Å². The summed E-state index contributed by atoms with van der Waals surface area (Å²) in [7, 11) is 0. The number of hydrogen-bond acceptors (Lipinski definition) is 16. The SMILES string of the molecule is CSCC[C@H](NC(=O)[C@H](CC(=O)O)NC(=O)[C@H](CC(C)C)NC(=O)[C@H](CCC(=O)O)NC(=O)[C@@H]1CCCN1C(=O)[C@H](CCC(=O)O)NC(=O)[C@@H](N)CO)C(=O)N[C@@H](CC(=O)O)C(=O)N[C@@H](CC(C)C)C(=O)O. The Kier molecular flexibility index (Phi) is 27.9. The molecule has 1 aliphatic heterocycles. The van der Waals surface area contributed by atoms with Gasteiger partial charge in [0.2, 0.25) is 47.3 Å². The lowest BCUT2D eigenvalue weighted by atomic mass is 10.0. The van der Waals surface area contributed by atoms with E-state index in [1.165, 1.54) is 11.8 Å². The predicted molar refractivity (Wildman–Crippen MR) is 251 cm³/mol. The largest absolute Gasteiger partial charge is 0.481 e. The lowest BCUT2D eigenvalue weighted by Crippen LogP contribution is -2.60. The molecule has 0 spiro atoms. The maximum Gasteiger partial charge on any atom is 0.326 e. The molecule has 406 valence electrons. The van der Waals surface area contributed by atoms with E-state index in [-0.39, 0.29) is 50.3 Å². The third-order valence-corrected chi connectivity index (χ3v) is 11.5. The zero-order valence-electron chi connectivity index (χ0n) is 40.7. The van der Waals surface area contributed by atoms with Crippen molar-refractivity contribution in [3.8, 4) is 0 Å². The summed E-state index contributed by atoms with van der Waals surface area (Å²) in [6.07, 6.45) is -2.90. The molecule has 8 amide bonds. The molecule has 1 heterocycles. The molecule has 0 radical (unpaired) electrons. The van der Waals surface area contributed by atoms with Gasteiger partial charge in [0.25, 0.3) is 0 Å². The van der Waals surface area contributed by atoms with Gasteiger partial charge in [0, 0.05) is 19.4 Å². The van der Waals surface area contributed by atoms with Crippen molar-refractivity contribution in [2.24, 2.45) is 17.6 Å². The molecule has 1 rings (SSSR count). The van der Waals surface area contributed by atoms with Gasteiger partial charge >= 0.3 is 29.8 Å². The molecule has 0 aromatic carbocycles. The third kappa shape index (κ3) is 23.1. The van der Waals surface area contributed by atoms with Crippen LogP contribution in [0.3, 0.4) is 0 Å². The lowest BCUT2D eigenvalue weighted by Gasteiger charge is -2.30. The number of likely N-dealkylation sites (tertiary alicyclic amines) is 1. The van der Waals surface area contributed by atoms with Gasteiger partial charge in [-0.3, -0.25) is 57.5 Å². The van der Waals surface area contributed by atoms with Gasteiger partial charge in [-0.2, -0.15) is 11.8 Å². The second kappa shape index (κ2) is 31.7. The van der Waals surface area contributed by atoms with E-state index in [0.717, 1.165) is 4.90 Å². The van der Waals surface area contributed by atoms with Crippen molar-refractivity contribution < 1.29 is 93.0 Å². The number of carboxylic acids is 5. The van der Waals surface area contributed by atoms with Gasteiger partial charge < -0.3 is 78.5 Å². The van der Waals surface area contributed by atoms with Crippen LogP contribution in [-0.2, 0) is 62.3 Å². The zero-order valence-corrected chi connectivity index (χ0v) is 41.5. The molecule has 0 bridgehead atoms. The number of aliphatic hydroxyl groups is 1. The topological polar surface area (TPSA) is 457 Å². The fraction of sp³-hybridized carbons (Fsp3) is 0.698. The number of hydrogen-bond donors (Lipinski definition) is 14. The Morgan fingerprint density at radius 3 is 1.39 bits per heavy atom. The first kappa shape index (κ1) is 63.4. The summed E-state index contributed by atoms with van der Waals surface area (Å²) in [6, 6.07) is -14.4. The highest BCUT2D eigenvalue weighted by Crippen LogP contribution is 2.21. The summed E-state index contributed by atoms with van der Waals surface area (Å²) in [4.78, 5) is 168. The smallest absolute Gasteiger partial charge is 0.326 e. The van der Waals surface area contributed by atoms with Gasteiger partial charge in [-0.25, -0.2) is 4.79 Å². The number of carbonyl (C=O) groups excluding carboxylic acids is 8. The number of nitrogens with one attached hydrogen (secondary N) is 7. The van der Waals surface area contributed by atoms with Crippen LogP contribution in [-0.4, -0.2) is 192 Å². The Bertz CT molecular complexity index is 1970. The molecule has 9 atom stereocenters. The number of rotatable bonds is 34. The monoisotopic (exact) mass is 1050 g/mol. The number of thioether (sulfide) groups is 1. The van der Waals surface area contributed by atoms with Gasteiger partial charge in [0.05, 0.1) is 19.4 Å². The van der Waals surface area contributed by atoms with Crippen LogP contribution in [0.5, 0.6) is 0 Å². The van der Waals surface area contributed by atoms with Gasteiger partial charge in [-0.05, 0) is 68.8 Å². The first-order valence-electron chi connectivity index (χ1n) is 23.0. The Morgan fingerprint density at radius 1 is 0.542 bits per heavy atom. The first-order valence-corrected chi connectivity index (χ1v) is 24.4. The van der Waals surface area contributed by atoms with Crippen molar-refractivity contribution in [2.75, 3.05) is 25.2 Å². The Hall–Kier alpha value is -6.62. The number of carbonyl (C=O) groups is 13. The molecule has 0 aromatic rings. The number of nitrogens with zero attached hydrogens (tertiary/aromatic N) is 1. The number of carboxylic acid groups (broad SMARTS) is 5. The van der Waals surface area contributed by atoms with Crippen LogP contribution in [0.2, 0.25) is 0 Å². The van der Waals surface area contributed by atoms with E-state index < -0.39 is 183 Å². The summed E-state index contributed by atoms with van der Waals surface area (Å²) in [5.41, 5.74) is 5.55. The van der Waals surface area contributed by atoms with Gasteiger partial charge in [0.1, 0.15) is 54.4 Å². The first-order chi connectivity index (χ1) is 33.6. The van der Waals surface area contributed by atoms with Crippen LogP contribution in [0.15, 0.2) is 0 Å². The highest BCUT2D eigenvalue weighted by molar-refractivity contribution is 7.98. The van der Waals surface area contributed by atoms with Crippen molar-refractivity contribution in [2.45, 2.75) is 153 Å². The van der Waals surface area contributed by atoms with E-state index in [1.807, 2.05) is 0 Å². The van der Waals surface area contributed by atoms with Gasteiger partial charge in [-0.15, -0.1) is 0 Å². The molecule has 15 N–H and O–H groups in total. The van der Waals surface area contributed by atoms with Crippen LogP contribution in [0, 0.1) is 11.8 Å². The van der Waals surface area contributed by atoms with Crippen LogP contribution in [0.25, 0.3) is 0 Å². The highest BCUT2D eigenvalue weighted by Gasteiger charge is 2.40. The molecule has 1 saturated heterocycles. The van der Waals surface area contributed by atoms with E-state index in [0.29, 0.717) is 0 Å².